The summed E-state index contributed by atoms with van der Waals surface area (Å²) in [7, 11) is -3.96. The highest BCUT2D eigenvalue weighted by molar-refractivity contribution is 7.87. The standard InChI is InChI=1S/C20H18N2O4S/c1-15-7-5-12-19(13-15)27(24,25)26-18-11-6-10-17(14-18)22-20(23)21-16-8-3-2-4-9-16/h2-14H,1H3,(H2,21,22,23). The molecule has 7 heteroatoms. The van der Waals surface area contributed by atoms with Crippen LogP contribution >= 0.6 is 0 Å². The van der Waals surface area contributed by atoms with Gasteiger partial charge in [-0.25, -0.2) is 4.79 Å². The topological polar surface area (TPSA) is 84.5 Å². The van der Waals surface area contributed by atoms with Crippen LogP contribution in [0.15, 0.2) is 83.8 Å². The monoisotopic (exact) mass is 382 g/mol. The minimum Gasteiger partial charge on any atom is -0.379 e. The molecule has 0 aliphatic carbocycles. The lowest BCUT2D eigenvalue weighted by Crippen LogP contribution is -2.19. The highest BCUT2D eigenvalue weighted by Gasteiger charge is 2.17. The molecule has 0 fully saturated rings. The van der Waals surface area contributed by atoms with E-state index in [1.54, 1.807) is 55.5 Å². The second-order valence-electron chi connectivity index (χ2n) is 5.83. The Balaban J connectivity index is 1.71. The summed E-state index contributed by atoms with van der Waals surface area (Å²) in [5.74, 6) is 0.106. The van der Waals surface area contributed by atoms with E-state index < -0.39 is 16.1 Å². The van der Waals surface area contributed by atoms with Crippen molar-refractivity contribution < 1.29 is 17.4 Å². The summed E-state index contributed by atoms with van der Waals surface area (Å²) in [6.45, 7) is 1.80. The minimum absolute atomic E-state index is 0.0719. The number of hydrogen-bond acceptors (Lipinski definition) is 4. The molecular formula is C20H18N2O4S. The van der Waals surface area contributed by atoms with E-state index in [-0.39, 0.29) is 10.6 Å². The van der Waals surface area contributed by atoms with Crippen LogP contribution in [0.5, 0.6) is 5.75 Å². The van der Waals surface area contributed by atoms with Gasteiger partial charge in [0.1, 0.15) is 10.6 Å². The van der Waals surface area contributed by atoms with Gasteiger partial charge in [0.2, 0.25) is 0 Å². The lowest BCUT2D eigenvalue weighted by Gasteiger charge is -2.10. The van der Waals surface area contributed by atoms with Gasteiger partial charge in [0, 0.05) is 17.4 Å². The van der Waals surface area contributed by atoms with Crippen LogP contribution in [0.25, 0.3) is 0 Å². The van der Waals surface area contributed by atoms with E-state index >= 15 is 0 Å². The molecule has 2 amide bonds. The van der Waals surface area contributed by atoms with Crippen molar-refractivity contribution >= 4 is 27.5 Å². The molecule has 0 saturated heterocycles. The quantitative estimate of drug-likeness (QED) is 0.640. The van der Waals surface area contributed by atoms with Gasteiger partial charge in [-0.05, 0) is 48.9 Å². The lowest BCUT2D eigenvalue weighted by atomic mass is 10.2. The molecular weight excluding hydrogens is 364 g/mol. The predicted molar refractivity (Wildman–Crippen MR) is 105 cm³/mol. The van der Waals surface area contributed by atoms with Crippen LogP contribution in [0.1, 0.15) is 5.56 Å². The largest absolute Gasteiger partial charge is 0.379 e. The van der Waals surface area contributed by atoms with Gasteiger partial charge in [0.15, 0.2) is 0 Å². The van der Waals surface area contributed by atoms with E-state index in [0.29, 0.717) is 11.4 Å². The molecule has 0 bridgehead atoms. The van der Waals surface area contributed by atoms with Crippen LogP contribution in [0.4, 0.5) is 16.2 Å². The molecule has 3 aromatic carbocycles. The van der Waals surface area contributed by atoms with Crippen LogP contribution < -0.4 is 14.8 Å². The van der Waals surface area contributed by atoms with Gasteiger partial charge in [0.25, 0.3) is 0 Å². The molecule has 6 nitrogen and oxygen atoms in total. The molecule has 0 radical (unpaired) electrons. The Labute approximate surface area is 157 Å². The van der Waals surface area contributed by atoms with Crippen LogP contribution in [0.2, 0.25) is 0 Å². The molecule has 0 saturated carbocycles. The molecule has 0 atom stereocenters. The molecule has 0 spiro atoms. The molecule has 0 aromatic heterocycles. The number of amides is 2. The van der Waals surface area contributed by atoms with Gasteiger partial charge in [-0.2, -0.15) is 8.42 Å². The number of anilines is 2. The third kappa shape index (κ3) is 5.08. The number of benzene rings is 3. The van der Waals surface area contributed by atoms with Crippen molar-refractivity contribution in [3.63, 3.8) is 0 Å². The van der Waals surface area contributed by atoms with Gasteiger partial charge < -0.3 is 14.8 Å². The van der Waals surface area contributed by atoms with Crippen molar-refractivity contribution in [1.82, 2.24) is 0 Å². The number of nitrogens with one attached hydrogen (secondary N) is 2. The third-order valence-electron chi connectivity index (χ3n) is 3.61. The molecule has 0 aliphatic heterocycles. The van der Waals surface area contributed by atoms with Crippen molar-refractivity contribution in [2.24, 2.45) is 0 Å². The van der Waals surface area contributed by atoms with E-state index in [9.17, 15) is 13.2 Å². The fraction of sp³-hybridized carbons (Fsp3) is 0.0500. The fourth-order valence-corrected chi connectivity index (χ4v) is 3.41. The Kier molecular flexibility index (Phi) is 5.42. The molecule has 0 heterocycles. The summed E-state index contributed by atoms with van der Waals surface area (Å²) >= 11 is 0. The smallest absolute Gasteiger partial charge is 0.339 e. The number of rotatable bonds is 5. The maximum atomic E-state index is 12.4. The average Bonchev–Trinajstić information content (AvgIpc) is 2.62. The van der Waals surface area contributed by atoms with Crippen LogP contribution in [-0.4, -0.2) is 14.4 Å². The van der Waals surface area contributed by atoms with Crippen LogP contribution in [0, 0.1) is 6.92 Å². The number of carbonyl (C=O) groups excluding carboxylic acids is 1. The number of carbonyl (C=O) groups is 1. The first kappa shape index (κ1) is 18.5. The van der Waals surface area contributed by atoms with Crippen molar-refractivity contribution in [2.45, 2.75) is 11.8 Å². The van der Waals surface area contributed by atoms with Crippen LogP contribution in [0.3, 0.4) is 0 Å². The van der Waals surface area contributed by atoms with E-state index in [2.05, 4.69) is 10.6 Å². The molecule has 27 heavy (non-hydrogen) atoms. The van der Waals surface area contributed by atoms with Crippen LogP contribution in [-0.2, 0) is 10.1 Å². The first-order chi connectivity index (χ1) is 12.9. The predicted octanol–water partition coefficient (Wildman–Crippen LogP) is 4.41. The first-order valence-corrected chi connectivity index (χ1v) is 9.57. The summed E-state index contributed by atoms with van der Waals surface area (Å²) in [6.07, 6.45) is 0. The average molecular weight is 382 g/mol. The number of hydrogen-bond donors (Lipinski definition) is 2. The summed E-state index contributed by atoms with van der Waals surface area (Å²) in [5.41, 5.74) is 1.86. The number of aryl methyl sites for hydroxylation is 1. The van der Waals surface area contributed by atoms with Crippen molar-refractivity contribution in [3.05, 3.63) is 84.4 Å². The Bertz CT molecular complexity index is 1050. The van der Waals surface area contributed by atoms with Gasteiger partial charge in [-0.1, -0.05) is 36.4 Å². The van der Waals surface area contributed by atoms with Gasteiger partial charge >= 0.3 is 16.1 Å². The van der Waals surface area contributed by atoms with Crippen molar-refractivity contribution in [3.8, 4) is 5.75 Å². The van der Waals surface area contributed by atoms with E-state index in [1.165, 1.54) is 24.3 Å². The molecule has 2 N–H and O–H groups in total. The van der Waals surface area contributed by atoms with Gasteiger partial charge in [-0.15, -0.1) is 0 Å². The highest BCUT2D eigenvalue weighted by Crippen LogP contribution is 2.22. The van der Waals surface area contributed by atoms with Crippen molar-refractivity contribution in [1.29, 1.82) is 0 Å². The summed E-state index contributed by atoms with van der Waals surface area (Å²) < 4.78 is 30.0. The zero-order valence-corrected chi connectivity index (χ0v) is 15.4. The molecule has 3 aromatic rings. The molecule has 0 unspecified atom stereocenters. The maximum absolute atomic E-state index is 12.4. The Hall–Kier alpha value is -3.32. The number of para-hydroxylation sites is 1. The van der Waals surface area contributed by atoms with E-state index in [1.807, 2.05) is 6.07 Å². The lowest BCUT2D eigenvalue weighted by molar-refractivity contribution is 0.262. The SMILES string of the molecule is Cc1cccc(S(=O)(=O)Oc2cccc(NC(=O)Nc3ccccc3)c2)c1. The van der Waals surface area contributed by atoms with E-state index in [4.69, 9.17) is 4.18 Å². The zero-order chi connectivity index (χ0) is 19.3. The minimum atomic E-state index is -3.96. The zero-order valence-electron chi connectivity index (χ0n) is 14.5. The highest BCUT2D eigenvalue weighted by atomic mass is 32.2. The normalized spacial score (nSPS) is 10.9. The summed E-state index contributed by atoms with van der Waals surface area (Å²) in [6, 6.07) is 21.2. The second-order valence-corrected chi connectivity index (χ2v) is 7.37. The molecule has 138 valence electrons. The maximum Gasteiger partial charge on any atom is 0.339 e. The van der Waals surface area contributed by atoms with Crippen molar-refractivity contribution in [2.75, 3.05) is 10.6 Å². The third-order valence-corrected chi connectivity index (χ3v) is 4.85. The fourth-order valence-electron chi connectivity index (χ4n) is 2.39. The summed E-state index contributed by atoms with van der Waals surface area (Å²) in [5, 5.41) is 5.32. The first-order valence-electron chi connectivity index (χ1n) is 8.17. The Morgan fingerprint density at radius 2 is 1.48 bits per heavy atom. The summed E-state index contributed by atoms with van der Waals surface area (Å²) in [4.78, 5) is 12.1. The molecule has 3 rings (SSSR count). The Morgan fingerprint density at radius 3 is 2.22 bits per heavy atom. The Morgan fingerprint density at radius 1 is 0.815 bits per heavy atom. The van der Waals surface area contributed by atoms with Gasteiger partial charge in [-0.3, -0.25) is 0 Å². The van der Waals surface area contributed by atoms with E-state index in [0.717, 1.165) is 5.56 Å². The van der Waals surface area contributed by atoms with Gasteiger partial charge in [0.05, 0.1) is 0 Å². The number of urea groups is 1. The molecule has 0 aliphatic rings. The second kappa shape index (κ2) is 7.92.